The number of aliphatic hydroxyl groups excluding tert-OH is 2. The maximum absolute atomic E-state index is 10.3. The Labute approximate surface area is 143 Å². The predicted octanol–water partition coefficient (Wildman–Crippen LogP) is 6.09. The molecule has 2 nitrogen and oxygen atoms in total. The molecule has 0 bridgehead atoms. The highest BCUT2D eigenvalue weighted by Crippen LogP contribution is 2.29. The topological polar surface area (TPSA) is 40.5 Å². The Morgan fingerprint density at radius 3 is 2.61 bits per heavy atom. The molecule has 23 heavy (non-hydrogen) atoms. The Balaban J connectivity index is 2.47. The lowest BCUT2D eigenvalue weighted by Crippen LogP contribution is -2.23. The number of aliphatic hydroxyl groups is 2. The third kappa shape index (κ3) is 7.87. The van der Waals surface area contributed by atoms with Crippen molar-refractivity contribution in [3.63, 3.8) is 0 Å². The molecule has 2 unspecified atom stereocenters. The highest BCUT2D eigenvalue weighted by atomic mass is 16.3. The lowest BCUT2D eigenvalue weighted by Gasteiger charge is -2.24. The van der Waals surface area contributed by atoms with Crippen LogP contribution in [-0.2, 0) is 0 Å². The molecule has 132 valence electrons. The minimum Gasteiger partial charge on any atom is -0.512 e. The van der Waals surface area contributed by atoms with Crippen LogP contribution in [-0.4, -0.2) is 16.3 Å². The number of rotatable bonds is 10. The summed E-state index contributed by atoms with van der Waals surface area (Å²) in [5, 5.41) is 20.6. The van der Waals surface area contributed by atoms with Crippen LogP contribution in [0.25, 0.3) is 0 Å². The van der Waals surface area contributed by atoms with E-state index < -0.39 is 6.10 Å². The molecule has 0 aromatic heterocycles. The lowest BCUT2D eigenvalue weighted by atomic mass is 9.87. The summed E-state index contributed by atoms with van der Waals surface area (Å²) in [4.78, 5) is 0. The molecule has 2 atom stereocenters. The molecule has 2 heteroatoms. The van der Waals surface area contributed by atoms with Gasteiger partial charge in [0.1, 0.15) is 0 Å². The minimum absolute atomic E-state index is 0.176. The first-order valence-electron chi connectivity index (χ1n) is 9.39. The third-order valence-electron chi connectivity index (χ3n) is 4.65. The molecule has 1 rings (SSSR count). The number of hydrogen-bond acceptors (Lipinski definition) is 2. The molecule has 1 aliphatic rings. The molecule has 0 radical (unpaired) electrons. The summed E-state index contributed by atoms with van der Waals surface area (Å²) in [6, 6.07) is 0. The van der Waals surface area contributed by atoms with E-state index in [0.717, 1.165) is 37.2 Å². The SMILES string of the molecule is CCCCCC1=CC(O)C(C/C=C(\C)CCCC(C)C)C(O)=C1. The molecule has 0 spiro atoms. The largest absolute Gasteiger partial charge is 0.512 e. The molecular formula is C21H36O2. The van der Waals surface area contributed by atoms with Crippen molar-refractivity contribution in [2.24, 2.45) is 11.8 Å². The van der Waals surface area contributed by atoms with Gasteiger partial charge >= 0.3 is 0 Å². The summed E-state index contributed by atoms with van der Waals surface area (Å²) in [6.07, 6.45) is 14.2. The van der Waals surface area contributed by atoms with Gasteiger partial charge in [0.2, 0.25) is 0 Å². The van der Waals surface area contributed by atoms with E-state index in [1.165, 1.54) is 31.3 Å². The van der Waals surface area contributed by atoms with Crippen molar-refractivity contribution >= 4 is 0 Å². The van der Waals surface area contributed by atoms with Crippen molar-refractivity contribution in [1.29, 1.82) is 0 Å². The molecular weight excluding hydrogens is 284 g/mol. The van der Waals surface area contributed by atoms with E-state index in [-0.39, 0.29) is 5.92 Å². The van der Waals surface area contributed by atoms with Crippen LogP contribution in [0.15, 0.2) is 35.1 Å². The molecule has 0 fully saturated rings. The zero-order valence-corrected chi connectivity index (χ0v) is 15.5. The minimum atomic E-state index is -0.559. The van der Waals surface area contributed by atoms with E-state index in [2.05, 4.69) is 33.8 Å². The van der Waals surface area contributed by atoms with Crippen molar-refractivity contribution in [3.05, 3.63) is 35.1 Å². The van der Waals surface area contributed by atoms with Gasteiger partial charge in [-0.3, -0.25) is 0 Å². The molecule has 1 aliphatic carbocycles. The van der Waals surface area contributed by atoms with Gasteiger partial charge < -0.3 is 10.2 Å². The van der Waals surface area contributed by atoms with Gasteiger partial charge in [0.15, 0.2) is 0 Å². The Morgan fingerprint density at radius 1 is 1.26 bits per heavy atom. The van der Waals surface area contributed by atoms with Crippen molar-refractivity contribution in [3.8, 4) is 0 Å². The van der Waals surface area contributed by atoms with Crippen LogP contribution in [0.3, 0.4) is 0 Å². The average Bonchev–Trinajstić information content (AvgIpc) is 2.46. The van der Waals surface area contributed by atoms with Crippen molar-refractivity contribution in [1.82, 2.24) is 0 Å². The summed E-state index contributed by atoms with van der Waals surface area (Å²) >= 11 is 0. The van der Waals surface area contributed by atoms with Gasteiger partial charge in [-0.1, -0.05) is 57.8 Å². The fourth-order valence-corrected chi connectivity index (χ4v) is 3.07. The Morgan fingerprint density at radius 2 is 2.00 bits per heavy atom. The first-order chi connectivity index (χ1) is 10.9. The third-order valence-corrected chi connectivity index (χ3v) is 4.65. The van der Waals surface area contributed by atoms with E-state index in [1.807, 2.05) is 12.2 Å². The van der Waals surface area contributed by atoms with Crippen molar-refractivity contribution < 1.29 is 10.2 Å². The van der Waals surface area contributed by atoms with Gasteiger partial charge in [-0.05, 0) is 56.6 Å². The van der Waals surface area contributed by atoms with Crippen LogP contribution in [0.1, 0.15) is 79.1 Å². The zero-order chi connectivity index (χ0) is 17.2. The first kappa shape index (κ1) is 20.0. The molecule has 0 saturated heterocycles. The van der Waals surface area contributed by atoms with Crippen LogP contribution >= 0.6 is 0 Å². The second-order valence-corrected chi connectivity index (χ2v) is 7.44. The van der Waals surface area contributed by atoms with E-state index >= 15 is 0 Å². The predicted molar refractivity (Wildman–Crippen MR) is 99.5 cm³/mol. The first-order valence-corrected chi connectivity index (χ1v) is 9.39. The molecule has 2 N–H and O–H groups in total. The van der Waals surface area contributed by atoms with E-state index in [4.69, 9.17) is 0 Å². The maximum Gasteiger partial charge on any atom is 0.0988 e. The Bertz CT molecular complexity index is 429. The van der Waals surface area contributed by atoms with Crippen LogP contribution in [0, 0.1) is 11.8 Å². The quantitative estimate of drug-likeness (QED) is 0.378. The average molecular weight is 321 g/mol. The highest BCUT2D eigenvalue weighted by Gasteiger charge is 2.24. The summed E-state index contributed by atoms with van der Waals surface area (Å²) in [7, 11) is 0. The van der Waals surface area contributed by atoms with E-state index in [0.29, 0.717) is 5.76 Å². The number of allylic oxidation sites excluding steroid dienone is 4. The fourth-order valence-electron chi connectivity index (χ4n) is 3.07. The molecule has 0 saturated carbocycles. The zero-order valence-electron chi connectivity index (χ0n) is 15.5. The van der Waals surface area contributed by atoms with Gasteiger partial charge in [0.25, 0.3) is 0 Å². The van der Waals surface area contributed by atoms with Crippen LogP contribution < -0.4 is 0 Å². The van der Waals surface area contributed by atoms with E-state index in [9.17, 15) is 10.2 Å². The summed E-state index contributed by atoms with van der Waals surface area (Å²) in [6.45, 7) is 8.85. The smallest absolute Gasteiger partial charge is 0.0988 e. The number of hydrogen-bond donors (Lipinski definition) is 2. The Hall–Kier alpha value is -1.02. The molecule has 0 heterocycles. The normalized spacial score (nSPS) is 22.3. The number of unbranched alkanes of at least 4 members (excludes halogenated alkanes) is 2. The van der Waals surface area contributed by atoms with Crippen molar-refractivity contribution in [2.75, 3.05) is 0 Å². The molecule has 0 aliphatic heterocycles. The van der Waals surface area contributed by atoms with Gasteiger partial charge in [-0.2, -0.15) is 0 Å². The highest BCUT2D eigenvalue weighted by molar-refractivity contribution is 5.29. The van der Waals surface area contributed by atoms with Gasteiger partial charge in [0, 0.05) is 5.92 Å². The van der Waals surface area contributed by atoms with E-state index in [1.54, 1.807) is 0 Å². The standard InChI is InChI=1S/C21H36O2/c1-5-6-7-11-18-14-20(22)19(21(23)15-18)13-12-17(4)10-8-9-16(2)3/h12,14-16,19-20,22-23H,5-11,13H2,1-4H3/b17-12+. The van der Waals surface area contributed by atoms with Gasteiger partial charge in [-0.15, -0.1) is 0 Å². The summed E-state index contributed by atoms with van der Waals surface area (Å²) in [5.74, 6) is 0.925. The second kappa shape index (κ2) is 10.7. The summed E-state index contributed by atoms with van der Waals surface area (Å²) < 4.78 is 0. The fraction of sp³-hybridized carbons (Fsp3) is 0.714. The molecule has 0 aromatic rings. The second-order valence-electron chi connectivity index (χ2n) is 7.44. The molecule has 0 aromatic carbocycles. The monoisotopic (exact) mass is 320 g/mol. The van der Waals surface area contributed by atoms with Crippen LogP contribution in [0.4, 0.5) is 0 Å². The van der Waals surface area contributed by atoms with Gasteiger partial charge in [0.05, 0.1) is 11.9 Å². The maximum atomic E-state index is 10.3. The van der Waals surface area contributed by atoms with Crippen molar-refractivity contribution in [2.45, 2.75) is 85.2 Å². The molecule has 0 amide bonds. The van der Waals surface area contributed by atoms with Crippen LogP contribution in [0.5, 0.6) is 0 Å². The lowest BCUT2D eigenvalue weighted by molar-refractivity contribution is 0.138. The van der Waals surface area contributed by atoms with Gasteiger partial charge in [-0.25, -0.2) is 0 Å². The Kier molecular flexibility index (Phi) is 9.31. The summed E-state index contributed by atoms with van der Waals surface area (Å²) in [5.41, 5.74) is 2.45. The van der Waals surface area contributed by atoms with Crippen LogP contribution in [0.2, 0.25) is 0 Å².